The number of hydrogen-bond donors (Lipinski definition) is 4. The number of rotatable bonds is 2. The number of aliphatic hydroxyl groups excluding tert-OH is 2. The summed E-state index contributed by atoms with van der Waals surface area (Å²) in [6.07, 6.45) is 0.176. The molecule has 1 aliphatic rings. The van der Waals surface area contributed by atoms with Crippen LogP contribution in [0, 0.1) is 0 Å². The second-order valence-electron chi connectivity index (χ2n) is 4.39. The van der Waals surface area contributed by atoms with Crippen LogP contribution in [0.4, 0.5) is 5.95 Å². The van der Waals surface area contributed by atoms with E-state index in [0.717, 1.165) is 0 Å². The molecule has 9 heteroatoms. The van der Waals surface area contributed by atoms with Crippen LogP contribution in [0.2, 0.25) is 5.28 Å². The van der Waals surface area contributed by atoms with Crippen molar-refractivity contribution in [1.29, 1.82) is 0 Å². The van der Waals surface area contributed by atoms with Crippen molar-refractivity contribution in [1.82, 2.24) is 15.0 Å². The largest absolute Gasteiger partial charge is 0.394 e. The number of imidazole rings is 1. The Hall–Kier alpha value is -1.48. The predicted molar refractivity (Wildman–Crippen MR) is 65.1 cm³/mol. The number of hydrogen-bond acceptors (Lipinski definition) is 6. The molecule has 102 valence electrons. The Bertz CT molecular complexity index is 618. The van der Waals surface area contributed by atoms with E-state index in [2.05, 4.69) is 15.0 Å². The molecule has 1 saturated heterocycles. The maximum Gasteiger partial charge on any atom is 0.393 e. The van der Waals surface area contributed by atoms with Gasteiger partial charge in [-0.3, -0.25) is 5.73 Å². The van der Waals surface area contributed by atoms with Gasteiger partial charge in [0.15, 0.2) is 6.23 Å². The van der Waals surface area contributed by atoms with Crippen LogP contribution in [-0.2, 0) is 4.74 Å². The average Bonchev–Trinajstić information content (AvgIpc) is 2.89. The first-order valence-electron chi connectivity index (χ1n) is 5.75. The van der Waals surface area contributed by atoms with Crippen LogP contribution in [0.5, 0.6) is 0 Å². The summed E-state index contributed by atoms with van der Waals surface area (Å²) in [5.74, 6) is 0.200. The summed E-state index contributed by atoms with van der Waals surface area (Å²) < 4.78 is 7.10. The molecule has 0 spiro atoms. The lowest BCUT2D eigenvalue weighted by Gasteiger charge is -2.11. The van der Waals surface area contributed by atoms with Gasteiger partial charge in [-0.2, -0.15) is 4.98 Å². The standard InChI is InChI=1S/C10H12ClN5O3/c11-9-13-4-2-16(10(12)15-8(4)14-9)7-1-5(18)6(3-17)19-7/h2,5-7,17-18H,1,3H2,(H2,12,13,14,15)/p+1/t5-,6+,7?/m0/s1. The van der Waals surface area contributed by atoms with Gasteiger partial charge in [0, 0.05) is 6.42 Å². The number of aliphatic hydroxyl groups is 2. The number of nitrogens with one attached hydrogen (secondary N) is 1. The molecule has 1 unspecified atom stereocenters. The molecule has 3 rings (SSSR count). The van der Waals surface area contributed by atoms with Crippen molar-refractivity contribution < 1.29 is 19.5 Å². The summed E-state index contributed by atoms with van der Waals surface area (Å²) in [5, 5.41) is 19.0. The van der Waals surface area contributed by atoms with E-state index in [1.807, 2.05) is 0 Å². The van der Waals surface area contributed by atoms with Crippen molar-refractivity contribution in [2.24, 2.45) is 0 Å². The number of nitrogens with zero attached hydrogens (tertiary/aromatic N) is 3. The molecule has 1 aliphatic heterocycles. The first-order valence-corrected chi connectivity index (χ1v) is 6.13. The Morgan fingerprint density at radius 3 is 3.05 bits per heavy atom. The van der Waals surface area contributed by atoms with Crippen LogP contribution in [0.3, 0.4) is 0 Å². The fourth-order valence-electron chi connectivity index (χ4n) is 2.18. The van der Waals surface area contributed by atoms with Crippen molar-refractivity contribution in [2.75, 3.05) is 12.3 Å². The van der Waals surface area contributed by atoms with Gasteiger partial charge in [0.2, 0.25) is 5.28 Å². The van der Waals surface area contributed by atoms with Gasteiger partial charge in [-0.25, -0.2) is 4.57 Å². The zero-order valence-corrected chi connectivity index (χ0v) is 10.6. The second-order valence-corrected chi connectivity index (χ2v) is 4.74. The molecule has 2 aromatic rings. The molecule has 0 radical (unpaired) electrons. The van der Waals surface area contributed by atoms with Crippen LogP contribution >= 0.6 is 11.6 Å². The van der Waals surface area contributed by atoms with Crippen LogP contribution in [0.1, 0.15) is 12.6 Å². The van der Waals surface area contributed by atoms with E-state index in [4.69, 9.17) is 27.2 Å². The molecule has 0 amide bonds. The number of nitrogen functional groups attached to an aromatic ring is 1. The fourth-order valence-corrected chi connectivity index (χ4v) is 2.36. The molecule has 1 fully saturated rings. The minimum atomic E-state index is -0.733. The minimum Gasteiger partial charge on any atom is -0.394 e. The molecule has 8 nitrogen and oxygen atoms in total. The minimum absolute atomic E-state index is 0.200. The van der Waals surface area contributed by atoms with E-state index in [-0.39, 0.29) is 17.8 Å². The first kappa shape index (κ1) is 12.5. The van der Waals surface area contributed by atoms with E-state index < -0.39 is 18.4 Å². The fraction of sp³-hybridized carbons (Fsp3) is 0.500. The number of aromatic amines is 1. The highest BCUT2D eigenvalue weighted by molar-refractivity contribution is 6.28. The van der Waals surface area contributed by atoms with Gasteiger partial charge in [0.05, 0.1) is 18.9 Å². The summed E-state index contributed by atoms with van der Waals surface area (Å²) in [7, 11) is 0. The van der Waals surface area contributed by atoms with Crippen LogP contribution < -0.4 is 10.3 Å². The van der Waals surface area contributed by atoms with Gasteiger partial charge in [0.25, 0.3) is 5.65 Å². The second kappa shape index (κ2) is 4.57. The molecule has 19 heavy (non-hydrogen) atoms. The first-order chi connectivity index (χ1) is 9.08. The van der Waals surface area contributed by atoms with Gasteiger partial charge in [0.1, 0.15) is 11.6 Å². The highest BCUT2D eigenvalue weighted by Crippen LogP contribution is 2.25. The average molecular weight is 287 g/mol. The van der Waals surface area contributed by atoms with Gasteiger partial charge in [-0.15, -0.1) is 0 Å². The number of halogens is 1. The molecule has 0 saturated carbocycles. The summed E-state index contributed by atoms with van der Waals surface area (Å²) >= 11 is 5.76. The maximum atomic E-state index is 9.73. The zero-order chi connectivity index (χ0) is 13.6. The molecule has 3 atom stereocenters. The lowest BCUT2D eigenvalue weighted by Crippen LogP contribution is -2.43. The normalized spacial score (nSPS) is 27.2. The Morgan fingerprint density at radius 1 is 1.58 bits per heavy atom. The smallest absolute Gasteiger partial charge is 0.393 e. The molecular weight excluding hydrogens is 274 g/mol. The van der Waals surface area contributed by atoms with Gasteiger partial charge in [-0.05, 0) is 16.6 Å². The number of aromatic nitrogens is 4. The van der Waals surface area contributed by atoms with E-state index in [9.17, 15) is 5.11 Å². The van der Waals surface area contributed by atoms with Crippen LogP contribution in [0.15, 0.2) is 6.20 Å². The van der Waals surface area contributed by atoms with Crippen LogP contribution in [0.25, 0.3) is 11.2 Å². The summed E-state index contributed by atoms with van der Waals surface area (Å²) in [5.41, 5.74) is 6.87. The third-order valence-corrected chi connectivity index (χ3v) is 3.31. The van der Waals surface area contributed by atoms with Gasteiger partial charge < -0.3 is 19.9 Å². The van der Waals surface area contributed by atoms with E-state index in [1.165, 1.54) is 0 Å². The van der Waals surface area contributed by atoms with Gasteiger partial charge in [-0.1, -0.05) is 0 Å². The molecule has 2 aromatic heterocycles. The Kier molecular flexibility index (Phi) is 3.02. The Balaban J connectivity index is 1.98. The van der Waals surface area contributed by atoms with E-state index >= 15 is 0 Å². The molecule has 5 N–H and O–H groups in total. The van der Waals surface area contributed by atoms with E-state index in [0.29, 0.717) is 17.6 Å². The number of fused-ring (bicyclic) bond motifs is 1. The Labute approximate surface area is 112 Å². The predicted octanol–water partition coefficient (Wildman–Crippen LogP) is -0.878. The summed E-state index contributed by atoms with van der Waals surface area (Å²) in [6.45, 7) is -0.246. The number of ether oxygens (including phenoxy) is 1. The van der Waals surface area contributed by atoms with Crippen molar-refractivity contribution in [3.05, 3.63) is 11.5 Å². The van der Waals surface area contributed by atoms with Crippen molar-refractivity contribution >= 4 is 28.7 Å². The quantitative estimate of drug-likeness (QED) is 0.420. The highest BCUT2D eigenvalue weighted by atomic mass is 35.5. The molecule has 3 heterocycles. The molecule has 0 bridgehead atoms. The van der Waals surface area contributed by atoms with Gasteiger partial charge >= 0.3 is 5.95 Å². The third kappa shape index (κ3) is 2.12. The third-order valence-electron chi connectivity index (χ3n) is 3.13. The lowest BCUT2D eigenvalue weighted by atomic mass is 10.2. The number of anilines is 1. The molecule has 0 aliphatic carbocycles. The van der Waals surface area contributed by atoms with Crippen LogP contribution in [-0.4, -0.2) is 44.0 Å². The lowest BCUT2D eigenvalue weighted by molar-refractivity contribution is -0.747. The zero-order valence-electron chi connectivity index (χ0n) is 9.82. The monoisotopic (exact) mass is 286 g/mol. The maximum absolute atomic E-state index is 9.73. The van der Waals surface area contributed by atoms with Crippen molar-refractivity contribution in [3.63, 3.8) is 0 Å². The van der Waals surface area contributed by atoms with Crippen molar-refractivity contribution in [2.45, 2.75) is 24.9 Å². The Morgan fingerprint density at radius 2 is 2.37 bits per heavy atom. The van der Waals surface area contributed by atoms with E-state index in [1.54, 1.807) is 10.8 Å². The number of H-pyrrole nitrogens is 1. The molecule has 0 aromatic carbocycles. The number of nitrogens with two attached hydrogens (primary N) is 1. The molecular formula is C10H13ClN5O3+. The summed E-state index contributed by atoms with van der Waals surface area (Å²) in [4.78, 5) is 10.9. The highest BCUT2D eigenvalue weighted by Gasteiger charge is 2.37. The topological polar surface area (TPSA) is 121 Å². The van der Waals surface area contributed by atoms with Crippen molar-refractivity contribution in [3.8, 4) is 0 Å². The summed E-state index contributed by atoms with van der Waals surface area (Å²) in [6, 6.07) is 0. The SMILES string of the molecule is Nc1nc2nc(Cl)[nH]c2c[n+]1C1C[C@H](O)[C@@H](CO)O1.